The van der Waals surface area contributed by atoms with Gasteiger partial charge < -0.3 is 19.9 Å². The van der Waals surface area contributed by atoms with Crippen LogP contribution in [0.25, 0.3) is 0 Å². The van der Waals surface area contributed by atoms with E-state index in [0.717, 1.165) is 0 Å². The fraction of sp³-hybridized carbons (Fsp3) is 0.571. The molecular weight excluding hydrogens is 188 g/mol. The molecule has 0 bridgehead atoms. The van der Waals surface area contributed by atoms with Crippen molar-refractivity contribution in [2.45, 2.75) is 0 Å². The van der Waals surface area contributed by atoms with Crippen molar-refractivity contribution in [3.63, 3.8) is 0 Å². The third-order valence-electron chi connectivity index (χ3n) is 1.29. The van der Waals surface area contributed by atoms with Crippen LogP contribution in [0.3, 0.4) is 0 Å². The Morgan fingerprint density at radius 1 is 1.00 bits per heavy atom. The van der Waals surface area contributed by atoms with Crippen LogP contribution in [0.4, 0.5) is 0 Å². The third kappa shape index (κ3) is 2.70. The van der Waals surface area contributed by atoms with E-state index in [1.165, 1.54) is 14.2 Å². The molecule has 0 amide bonds. The number of hydrogen-bond donors (Lipinski definition) is 1. The van der Waals surface area contributed by atoms with Crippen LogP contribution in [-0.2, 0) is 0 Å². The van der Waals surface area contributed by atoms with Crippen LogP contribution in [0.2, 0.25) is 0 Å². The number of rotatable bonds is 5. The number of aromatic nitrogens is 3. The first kappa shape index (κ1) is 10.5. The second kappa shape index (κ2) is 5.18. The summed E-state index contributed by atoms with van der Waals surface area (Å²) in [5.41, 5.74) is 5.26. The lowest BCUT2D eigenvalue weighted by Crippen LogP contribution is -2.13. The molecule has 0 aromatic carbocycles. The number of nitrogens with two attached hydrogens (primary N) is 1. The van der Waals surface area contributed by atoms with Gasteiger partial charge in [-0.3, -0.25) is 0 Å². The molecule has 1 aromatic heterocycles. The maximum atomic E-state index is 5.26. The fourth-order valence-electron chi connectivity index (χ4n) is 0.718. The fourth-order valence-corrected chi connectivity index (χ4v) is 0.718. The van der Waals surface area contributed by atoms with Gasteiger partial charge in [0, 0.05) is 6.54 Å². The van der Waals surface area contributed by atoms with Crippen LogP contribution in [-0.4, -0.2) is 42.3 Å². The highest BCUT2D eigenvalue weighted by atomic mass is 16.5. The molecule has 0 unspecified atom stereocenters. The molecule has 0 aliphatic carbocycles. The van der Waals surface area contributed by atoms with Crippen molar-refractivity contribution in [3.05, 3.63) is 0 Å². The summed E-state index contributed by atoms with van der Waals surface area (Å²) in [7, 11) is 2.89. The van der Waals surface area contributed by atoms with Crippen LogP contribution < -0.4 is 19.9 Å². The van der Waals surface area contributed by atoms with Gasteiger partial charge in [0.1, 0.15) is 6.61 Å². The maximum absolute atomic E-state index is 5.26. The van der Waals surface area contributed by atoms with Crippen molar-refractivity contribution >= 4 is 0 Å². The van der Waals surface area contributed by atoms with Gasteiger partial charge in [-0.25, -0.2) is 0 Å². The summed E-state index contributed by atoms with van der Waals surface area (Å²) in [6.07, 6.45) is 0. The SMILES string of the molecule is COc1nc(OC)nc(OCCN)n1. The Morgan fingerprint density at radius 2 is 1.50 bits per heavy atom. The summed E-state index contributed by atoms with van der Waals surface area (Å²) < 4.78 is 14.7. The molecule has 0 aliphatic heterocycles. The summed E-state index contributed by atoms with van der Waals surface area (Å²) in [6.45, 7) is 0.715. The molecule has 0 fully saturated rings. The van der Waals surface area contributed by atoms with Crippen LogP contribution in [0.5, 0.6) is 18.0 Å². The highest BCUT2D eigenvalue weighted by Crippen LogP contribution is 2.13. The number of nitrogens with zero attached hydrogens (tertiary/aromatic N) is 3. The predicted molar refractivity (Wildman–Crippen MR) is 47.5 cm³/mol. The van der Waals surface area contributed by atoms with Gasteiger partial charge in [-0.15, -0.1) is 15.0 Å². The lowest BCUT2D eigenvalue weighted by atomic mass is 10.7. The Bertz CT molecular complexity index is 272. The molecule has 0 atom stereocenters. The molecule has 0 saturated heterocycles. The van der Waals surface area contributed by atoms with Gasteiger partial charge in [0.15, 0.2) is 0 Å². The third-order valence-corrected chi connectivity index (χ3v) is 1.29. The van der Waals surface area contributed by atoms with Crippen molar-refractivity contribution in [1.82, 2.24) is 15.0 Å². The number of methoxy groups -OCH3 is 2. The smallest absolute Gasteiger partial charge is 0.325 e. The minimum Gasteiger partial charge on any atom is -0.467 e. The largest absolute Gasteiger partial charge is 0.467 e. The van der Waals surface area contributed by atoms with Gasteiger partial charge >= 0.3 is 18.0 Å². The average molecular weight is 200 g/mol. The van der Waals surface area contributed by atoms with E-state index in [1.54, 1.807) is 0 Å². The van der Waals surface area contributed by atoms with Gasteiger partial charge in [-0.05, 0) is 0 Å². The van der Waals surface area contributed by atoms with Crippen molar-refractivity contribution < 1.29 is 14.2 Å². The van der Waals surface area contributed by atoms with E-state index in [0.29, 0.717) is 13.2 Å². The molecule has 78 valence electrons. The summed E-state index contributed by atoms with van der Waals surface area (Å²) in [4.78, 5) is 11.5. The van der Waals surface area contributed by atoms with Gasteiger partial charge in [0.25, 0.3) is 0 Å². The Morgan fingerprint density at radius 3 is 1.93 bits per heavy atom. The second-order valence-electron chi connectivity index (χ2n) is 2.23. The first-order chi connectivity index (χ1) is 6.80. The molecule has 7 heteroatoms. The molecule has 1 rings (SSSR count). The van der Waals surface area contributed by atoms with E-state index in [4.69, 9.17) is 19.9 Å². The van der Waals surface area contributed by atoms with E-state index in [-0.39, 0.29) is 18.0 Å². The molecule has 0 aliphatic rings. The van der Waals surface area contributed by atoms with E-state index in [1.807, 2.05) is 0 Å². The Hall–Kier alpha value is -1.63. The van der Waals surface area contributed by atoms with Crippen molar-refractivity contribution in [2.75, 3.05) is 27.4 Å². The first-order valence-electron chi connectivity index (χ1n) is 3.97. The predicted octanol–water partition coefficient (Wildman–Crippen LogP) is -0.774. The highest BCUT2D eigenvalue weighted by Gasteiger charge is 2.07. The van der Waals surface area contributed by atoms with E-state index >= 15 is 0 Å². The standard InChI is InChI=1S/C7H12N4O3/c1-12-5-9-6(13-2)11-7(10-5)14-4-3-8/h3-4,8H2,1-2H3. The Kier molecular flexibility index (Phi) is 3.86. The molecule has 0 radical (unpaired) electrons. The molecule has 2 N–H and O–H groups in total. The quantitative estimate of drug-likeness (QED) is 0.666. The lowest BCUT2D eigenvalue weighted by Gasteiger charge is -2.05. The van der Waals surface area contributed by atoms with Gasteiger partial charge in [0.2, 0.25) is 0 Å². The molecule has 7 nitrogen and oxygen atoms in total. The summed E-state index contributed by atoms with van der Waals surface area (Å²) in [5, 5.41) is 0. The zero-order chi connectivity index (χ0) is 10.4. The molecule has 1 heterocycles. The Labute approximate surface area is 81.2 Å². The summed E-state index contributed by atoms with van der Waals surface area (Å²) in [6, 6.07) is 0.423. The normalized spacial score (nSPS) is 9.64. The molecular formula is C7H12N4O3. The molecule has 14 heavy (non-hydrogen) atoms. The minimum atomic E-state index is 0.138. The number of ether oxygens (including phenoxy) is 3. The van der Waals surface area contributed by atoms with Gasteiger partial charge in [-0.2, -0.15) is 0 Å². The van der Waals surface area contributed by atoms with Gasteiger partial charge in [-0.1, -0.05) is 0 Å². The lowest BCUT2D eigenvalue weighted by molar-refractivity contribution is 0.273. The molecule has 0 spiro atoms. The summed E-state index contributed by atoms with van der Waals surface area (Å²) in [5.74, 6) is 0. The molecule has 0 saturated carbocycles. The minimum absolute atomic E-state index is 0.138. The Balaban J connectivity index is 2.81. The average Bonchev–Trinajstić information content (AvgIpc) is 2.25. The van der Waals surface area contributed by atoms with E-state index < -0.39 is 0 Å². The monoisotopic (exact) mass is 200 g/mol. The highest BCUT2D eigenvalue weighted by molar-refractivity contribution is 5.08. The second-order valence-corrected chi connectivity index (χ2v) is 2.23. The van der Waals surface area contributed by atoms with Crippen LogP contribution in [0, 0.1) is 0 Å². The van der Waals surface area contributed by atoms with Crippen molar-refractivity contribution in [2.24, 2.45) is 5.73 Å². The zero-order valence-electron chi connectivity index (χ0n) is 8.06. The van der Waals surface area contributed by atoms with Crippen molar-refractivity contribution in [3.8, 4) is 18.0 Å². The number of hydrogen-bond acceptors (Lipinski definition) is 7. The first-order valence-corrected chi connectivity index (χ1v) is 3.97. The van der Waals surface area contributed by atoms with E-state index in [9.17, 15) is 0 Å². The van der Waals surface area contributed by atoms with Gasteiger partial charge in [0.05, 0.1) is 14.2 Å². The van der Waals surface area contributed by atoms with E-state index in [2.05, 4.69) is 15.0 Å². The molecule has 1 aromatic rings. The van der Waals surface area contributed by atoms with Crippen molar-refractivity contribution in [1.29, 1.82) is 0 Å². The summed E-state index contributed by atoms with van der Waals surface area (Å²) >= 11 is 0. The topological polar surface area (TPSA) is 92.4 Å². The van der Waals surface area contributed by atoms with Crippen LogP contribution in [0.1, 0.15) is 0 Å². The van der Waals surface area contributed by atoms with Crippen LogP contribution >= 0.6 is 0 Å². The van der Waals surface area contributed by atoms with Crippen LogP contribution in [0.15, 0.2) is 0 Å². The maximum Gasteiger partial charge on any atom is 0.325 e. The zero-order valence-corrected chi connectivity index (χ0v) is 8.06.